The summed E-state index contributed by atoms with van der Waals surface area (Å²) >= 11 is 1.51. The van der Waals surface area contributed by atoms with E-state index in [4.69, 9.17) is 0 Å². The Balaban J connectivity index is 1.85. The zero-order valence-electron chi connectivity index (χ0n) is 13.9. The molecule has 6 heteroatoms. The number of hydrogen-bond donors (Lipinski definition) is 0. The SMILES string of the molecule is CSc1nccc(N2CCCn3c2cc(-c2ccccc2)cc3=O)n1. The van der Waals surface area contributed by atoms with Gasteiger partial charge >= 0.3 is 0 Å². The van der Waals surface area contributed by atoms with Crippen molar-refractivity contribution in [1.82, 2.24) is 14.5 Å². The van der Waals surface area contributed by atoms with E-state index in [1.165, 1.54) is 11.8 Å². The zero-order chi connectivity index (χ0) is 17.2. The number of benzene rings is 1. The van der Waals surface area contributed by atoms with Gasteiger partial charge in [0.25, 0.3) is 5.56 Å². The molecule has 0 fully saturated rings. The fourth-order valence-corrected chi connectivity index (χ4v) is 3.49. The smallest absolute Gasteiger partial charge is 0.252 e. The van der Waals surface area contributed by atoms with E-state index < -0.39 is 0 Å². The average molecular weight is 350 g/mol. The van der Waals surface area contributed by atoms with Gasteiger partial charge in [0.15, 0.2) is 5.16 Å². The number of rotatable bonds is 3. The lowest BCUT2D eigenvalue weighted by Gasteiger charge is -2.31. The molecular weight excluding hydrogens is 332 g/mol. The Morgan fingerprint density at radius 2 is 1.88 bits per heavy atom. The molecule has 0 atom stereocenters. The van der Waals surface area contributed by atoms with Crippen LogP contribution in [-0.4, -0.2) is 27.3 Å². The highest BCUT2D eigenvalue weighted by Crippen LogP contribution is 2.30. The predicted octanol–water partition coefficient (Wildman–Crippen LogP) is 3.57. The molecule has 1 aromatic carbocycles. The molecule has 0 bridgehead atoms. The molecule has 0 radical (unpaired) electrons. The monoisotopic (exact) mass is 350 g/mol. The van der Waals surface area contributed by atoms with Gasteiger partial charge in [-0.15, -0.1) is 0 Å². The third-order valence-electron chi connectivity index (χ3n) is 4.33. The van der Waals surface area contributed by atoms with Crippen LogP contribution in [0.5, 0.6) is 0 Å². The lowest BCUT2D eigenvalue weighted by molar-refractivity contribution is 0.573. The van der Waals surface area contributed by atoms with E-state index in [1.54, 1.807) is 12.3 Å². The Morgan fingerprint density at radius 1 is 1.04 bits per heavy atom. The number of fused-ring (bicyclic) bond motifs is 1. The van der Waals surface area contributed by atoms with Crippen molar-refractivity contribution < 1.29 is 0 Å². The van der Waals surface area contributed by atoms with Gasteiger partial charge in [0.2, 0.25) is 0 Å². The summed E-state index contributed by atoms with van der Waals surface area (Å²) in [5.41, 5.74) is 2.00. The first kappa shape index (κ1) is 15.9. The van der Waals surface area contributed by atoms with Crippen LogP contribution in [0.25, 0.3) is 11.1 Å². The summed E-state index contributed by atoms with van der Waals surface area (Å²) in [5, 5.41) is 0.733. The number of anilines is 2. The van der Waals surface area contributed by atoms with Crippen molar-refractivity contribution in [2.45, 2.75) is 18.1 Å². The van der Waals surface area contributed by atoms with Crippen LogP contribution in [0.3, 0.4) is 0 Å². The molecule has 0 saturated carbocycles. The van der Waals surface area contributed by atoms with Crippen molar-refractivity contribution in [1.29, 1.82) is 0 Å². The van der Waals surface area contributed by atoms with Crippen LogP contribution in [0.4, 0.5) is 11.6 Å². The Morgan fingerprint density at radius 3 is 2.68 bits per heavy atom. The van der Waals surface area contributed by atoms with E-state index in [0.717, 1.165) is 47.4 Å². The number of aromatic nitrogens is 3. The molecular formula is C19H18N4OS. The summed E-state index contributed by atoms with van der Waals surface area (Å²) in [5.74, 6) is 1.72. The topological polar surface area (TPSA) is 51.0 Å². The molecule has 1 aliphatic heterocycles. The normalized spacial score (nSPS) is 13.6. The Hall–Kier alpha value is -2.60. The quantitative estimate of drug-likeness (QED) is 0.534. The molecule has 3 heterocycles. The Labute approximate surface area is 150 Å². The van der Waals surface area contributed by atoms with Crippen LogP contribution in [0, 0.1) is 0 Å². The summed E-state index contributed by atoms with van der Waals surface area (Å²) in [7, 11) is 0. The van der Waals surface area contributed by atoms with Crippen molar-refractivity contribution in [3.8, 4) is 11.1 Å². The fraction of sp³-hybridized carbons (Fsp3) is 0.211. The van der Waals surface area contributed by atoms with Gasteiger partial charge < -0.3 is 4.90 Å². The highest BCUT2D eigenvalue weighted by atomic mass is 32.2. The van der Waals surface area contributed by atoms with Crippen LogP contribution in [0.2, 0.25) is 0 Å². The third kappa shape index (κ3) is 3.05. The molecule has 0 saturated heterocycles. The molecule has 0 spiro atoms. The van der Waals surface area contributed by atoms with E-state index in [2.05, 4.69) is 20.9 Å². The second kappa shape index (κ2) is 6.72. The van der Waals surface area contributed by atoms with Crippen LogP contribution in [0.1, 0.15) is 6.42 Å². The van der Waals surface area contributed by atoms with E-state index in [-0.39, 0.29) is 5.56 Å². The van der Waals surface area contributed by atoms with Gasteiger partial charge in [-0.1, -0.05) is 42.1 Å². The van der Waals surface area contributed by atoms with Gasteiger partial charge in [-0.05, 0) is 35.9 Å². The second-order valence-electron chi connectivity index (χ2n) is 5.86. The minimum Gasteiger partial charge on any atom is -0.312 e. The molecule has 1 aliphatic rings. The van der Waals surface area contributed by atoms with Crippen molar-refractivity contribution in [2.75, 3.05) is 17.7 Å². The molecule has 4 rings (SSSR count). The molecule has 2 aromatic heterocycles. The predicted molar refractivity (Wildman–Crippen MR) is 102 cm³/mol. The van der Waals surface area contributed by atoms with Gasteiger partial charge in [0.1, 0.15) is 11.6 Å². The third-order valence-corrected chi connectivity index (χ3v) is 4.89. The minimum atomic E-state index is 0.0280. The summed E-state index contributed by atoms with van der Waals surface area (Å²) in [6.07, 6.45) is 4.64. The van der Waals surface area contributed by atoms with Crippen LogP contribution < -0.4 is 10.5 Å². The number of pyridine rings is 1. The second-order valence-corrected chi connectivity index (χ2v) is 6.64. The standard InChI is InChI=1S/C19H18N4OS/c1-25-19-20-9-8-16(21-19)22-10-5-11-23-17(22)12-15(13-18(23)24)14-6-3-2-4-7-14/h2-4,6-9,12-13H,5,10-11H2,1H3. The van der Waals surface area contributed by atoms with Gasteiger partial charge in [-0.25, -0.2) is 9.97 Å². The van der Waals surface area contributed by atoms with Gasteiger partial charge in [-0.2, -0.15) is 0 Å². The summed E-state index contributed by atoms with van der Waals surface area (Å²) in [6, 6.07) is 15.7. The van der Waals surface area contributed by atoms with E-state index >= 15 is 0 Å². The first-order valence-electron chi connectivity index (χ1n) is 8.21. The molecule has 0 amide bonds. The largest absolute Gasteiger partial charge is 0.312 e. The number of thioether (sulfide) groups is 1. The molecule has 126 valence electrons. The first-order chi connectivity index (χ1) is 12.3. The maximum atomic E-state index is 12.7. The summed E-state index contributed by atoms with van der Waals surface area (Å²) in [4.78, 5) is 23.6. The van der Waals surface area contributed by atoms with Crippen LogP contribution in [0.15, 0.2) is 64.7 Å². The molecule has 3 aromatic rings. The Bertz CT molecular complexity index is 955. The molecule has 25 heavy (non-hydrogen) atoms. The number of hydrogen-bond acceptors (Lipinski definition) is 5. The van der Waals surface area contributed by atoms with E-state index in [9.17, 15) is 4.79 Å². The highest BCUT2D eigenvalue weighted by Gasteiger charge is 2.21. The Kier molecular flexibility index (Phi) is 4.28. The maximum Gasteiger partial charge on any atom is 0.252 e. The number of nitrogens with zero attached hydrogens (tertiary/aromatic N) is 4. The minimum absolute atomic E-state index is 0.0280. The highest BCUT2D eigenvalue weighted by molar-refractivity contribution is 7.98. The fourth-order valence-electron chi connectivity index (χ4n) is 3.14. The van der Waals surface area contributed by atoms with Crippen molar-refractivity contribution in [3.05, 3.63) is 65.1 Å². The lowest BCUT2D eigenvalue weighted by atomic mass is 10.1. The van der Waals surface area contributed by atoms with Gasteiger partial charge in [0, 0.05) is 25.4 Å². The molecule has 0 aliphatic carbocycles. The summed E-state index contributed by atoms with van der Waals surface area (Å²) in [6.45, 7) is 1.57. The van der Waals surface area contributed by atoms with Crippen molar-refractivity contribution in [2.24, 2.45) is 0 Å². The van der Waals surface area contributed by atoms with Crippen molar-refractivity contribution >= 4 is 23.4 Å². The maximum absolute atomic E-state index is 12.7. The molecule has 5 nitrogen and oxygen atoms in total. The van der Waals surface area contributed by atoms with E-state index in [0.29, 0.717) is 0 Å². The van der Waals surface area contributed by atoms with Gasteiger partial charge in [0.05, 0.1) is 0 Å². The van der Waals surface area contributed by atoms with Gasteiger partial charge in [-0.3, -0.25) is 9.36 Å². The first-order valence-corrected chi connectivity index (χ1v) is 9.43. The summed E-state index contributed by atoms with van der Waals surface area (Å²) < 4.78 is 1.83. The average Bonchev–Trinajstić information content (AvgIpc) is 2.68. The zero-order valence-corrected chi connectivity index (χ0v) is 14.7. The lowest BCUT2D eigenvalue weighted by Crippen LogP contribution is -2.35. The van der Waals surface area contributed by atoms with E-state index in [1.807, 2.05) is 47.2 Å². The van der Waals surface area contributed by atoms with Crippen LogP contribution >= 0.6 is 11.8 Å². The molecule has 0 N–H and O–H groups in total. The molecule has 0 unspecified atom stereocenters. The van der Waals surface area contributed by atoms with Crippen LogP contribution in [-0.2, 0) is 6.54 Å². The van der Waals surface area contributed by atoms with Crippen molar-refractivity contribution in [3.63, 3.8) is 0 Å².